The van der Waals surface area contributed by atoms with Gasteiger partial charge in [0.15, 0.2) is 23.0 Å². The van der Waals surface area contributed by atoms with Crippen LogP contribution in [0.25, 0.3) is 0 Å². The zero-order chi connectivity index (χ0) is 34.2. The van der Waals surface area contributed by atoms with Gasteiger partial charge < -0.3 is 38.0 Å². The first-order valence-electron chi connectivity index (χ1n) is 15.3. The van der Waals surface area contributed by atoms with Crippen molar-refractivity contribution in [3.63, 3.8) is 0 Å². The molecule has 0 aliphatic carbocycles. The highest BCUT2D eigenvalue weighted by Crippen LogP contribution is 2.78. The lowest BCUT2D eigenvalue weighted by Crippen LogP contribution is -2.37. The molecule has 11 nitrogen and oxygen atoms in total. The van der Waals surface area contributed by atoms with Crippen molar-refractivity contribution in [2.75, 3.05) is 0 Å². The third kappa shape index (κ3) is 7.79. The lowest BCUT2D eigenvalue weighted by molar-refractivity contribution is 0.0543. The van der Waals surface area contributed by atoms with Crippen LogP contribution in [-0.4, -0.2) is 19.4 Å². The molecule has 0 radical (unpaired) electrons. The molecule has 252 valence electrons. The first-order chi connectivity index (χ1) is 24.6. The fourth-order valence-corrected chi connectivity index (χ4v) is 11.9. The third-order valence-corrected chi connectivity index (χ3v) is 13.6. The number of benzene rings is 6. The molecule has 1 aliphatic heterocycles. The maximum atomic E-state index is 11.0. The van der Waals surface area contributed by atoms with Crippen molar-refractivity contribution in [2.24, 2.45) is 4.52 Å². The number of para-hydroxylation sites is 8. The summed E-state index contributed by atoms with van der Waals surface area (Å²) >= 11 is 0. The molecule has 14 heteroatoms. The highest BCUT2D eigenvalue weighted by molar-refractivity contribution is 7.78. The molecule has 0 fully saturated rings. The van der Waals surface area contributed by atoms with E-state index in [1.165, 1.54) is 21.3 Å². The Hall–Kier alpha value is -5.27. The van der Waals surface area contributed by atoms with Crippen molar-refractivity contribution < 1.29 is 38.0 Å². The van der Waals surface area contributed by atoms with E-state index in [0.29, 0.717) is 23.0 Å². The van der Waals surface area contributed by atoms with Gasteiger partial charge in [-0.3, -0.25) is 0 Å². The van der Waals surface area contributed by atoms with Crippen molar-refractivity contribution in [3.05, 3.63) is 170 Å². The van der Waals surface area contributed by atoms with Crippen LogP contribution >= 0.6 is 24.6 Å². The van der Waals surface area contributed by atoms with Gasteiger partial charge in [0.25, 0.3) is 0 Å². The van der Waals surface area contributed by atoms with Gasteiger partial charge in [0.1, 0.15) is 23.0 Å². The molecule has 0 spiro atoms. The summed E-state index contributed by atoms with van der Waals surface area (Å²) in [4.78, 5) is 13.2. The van der Waals surface area contributed by atoms with Gasteiger partial charge in [0.05, 0.1) is 0 Å². The molecule has 2 atom stereocenters. The molecule has 0 aromatic heterocycles. The Morgan fingerprint density at radius 3 is 1.34 bits per heavy atom. The molecule has 0 amide bonds. The fourth-order valence-electron chi connectivity index (χ4n) is 4.42. The second-order valence-corrected chi connectivity index (χ2v) is 15.8. The number of aromatic hydroxyl groups is 2. The van der Waals surface area contributed by atoms with E-state index in [9.17, 15) is 10.2 Å². The lowest BCUT2D eigenvalue weighted by atomic mass is 10.3. The van der Waals surface area contributed by atoms with Crippen LogP contribution in [0, 0.1) is 0 Å². The van der Waals surface area contributed by atoms with Crippen LogP contribution in [-0.2, 0) is 0 Å². The van der Waals surface area contributed by atoms with Crippen molar-refractivity contribution in [1.29, 1.82) is 0 Å². The molecule has 0 saturated heterocycles. The largest absolute Gasteiger partial charge is 0.504 e. The first-order valence-corrected chi connectivity index (χ1v) is 19.1. The van der Waals surface area contributed by atoms with Gasteiger partial charge in [-0.1, -0.05) is 97.1 Å². The maximum absolute atomic E-state index is 11.0. The smallest absolute Gasteiger partial charge is 0.447 e. The predicted molar refractivity (Wildman–Crippen MR) is 193 cm³/mol. The normalized spacial score (nSPS) is 17.1. The predicted octanol–water partition coefficient (Wildman–Crippen LogP) is 10.7. The second-order valence-electron chi connectivity index (χ2n) is 10.3. The average Bonchev–Trinajstić information content (AvgIpc) is 3.15. The van der Waals surface area contributed by atoms with Gasteiger partial charge in [-0.25, -0.2) is 0 Å². The van der Waals surface area contributed by atoms with Crippen molar-refractivity contribution >= 4 is 24.6 Å². The number of rotatable bonds is 12. The topological polar surface area (TPSA) is 115 Å². The standard InChI is InChI=1S/C36H30N3O8P3/c40-33-25-13-15-27-35(33)46-50(47-36-28-16-14-26-34(36)41)37-48(44-31-21-9-3-10-22-31)38(42-29-17-5-1-6-18-29)49(45-32-23-11-4-12-24-32)39(50)43-30-19-7-2-8-20-30/h1-28,40-41H. The minimum atomic E-state index is -4.09. The minimum Gasteiger partial charge on any atom is -0.504 e. The monoisotopic (exact) mass is 725 g/mol. The number of nitrogens with zero attached hydrogens (tertiary/aromatic N) is 3. The summed E-state index contributed by atoms with van der Waals surface area (Å²) in [5.74, 6) is 1.57. The number of hydrogen-bond acceptors (Lipinski definition) is 11. The summed E-state index contributed by atoms with van der Waals surface area (Å²) in [6.07, 6.45) is 0. The van der Waals surface area contributed by atoms with Crippen LogP contribution in [0.4, 0.5) is 0 Å². The Morgan fingerprint density at radius 1 is 0.460 bits per heavy atom. The van der Waals surface area contributed by atoms with E-state index in [0.717, 1.165) is 0 Å². The lowest BCUT2D eigenvalue weighted by Gasteiger charge is -2.43. The van der Waals surface area contributed by atoms with E-state index < -0.39 is 24.6 Å². The molecule has 0 saturated carbocycles. The zero-order valence-corrected chi connectivity index (χ0v) is 28.9. The number of phenolic OH excluding ortho intramolecular Hbond substituents is 2. The third-order valence-electron chi connectivity index (χ3n) is 6.73. The molecule has 1 aliphatic rings. The summed E-state index contributed by atoms with van der Waals surface area (Å²) in [5.41, 5.74) is 0. The first kappa shape index (κ1) is 33.2. The van der Waals surface area contributed by atoms with Gasteiger partial charge >= 0.3 is 24.6 Å². The number of hydrogen-bond donors (Lipinski definition) is 2. The second kappa shape index (κ2) is 15.5. The molecular weight excluding hydrogens is 695 g/mol. The van der Waals surface area contributed by atoms with Gasteiger partial charge in [0.2, 0.25) is 0 Å². The van der Waals surface area contributed by atoms with Crippen LogP contribution in [0.1, 0.15) is 0 Å². The van der Waals surface area contributed by atoms with Gasteiger partial charge in [-0.2, -0.15) is 0 Å². The van der Waals surface area contributed by atoms with Gasteiger partial charge in [0, 0.05) is 9.21 Å². The van der Waals surface area contributed by atoms with E-state index in [-0.39, 0.29) is 23.0 Å². The summed E-state index contributed by atoms with van der Waals surface area (Å²) in [6, 6.07) is 49.3. The molecule has 6 aromatic carbocycles. The Kier molecular flexibility index (Phi) is 10.3. The van der Waals surface area contributed by atoms with Crippen LogP contribution in [0.2, 0.25) is 0 Å². The molecule has 0 bridgehead atoms. The minimum absolute atomic E-state index is 0.0448. The quantitative estimate of drug-likeness (QED) is 0.118. The van der Waals surface area contributed by atoms with E-state index in [1.54, 1.807) is 84.9 Å². The SMILES string of the molecule is Oc1ccccc1OP1(Oc2ccccc2O)=NP(Oc2ccccc2)N(Oc2ccccc2)P(Oc2ccccc2)N1Oc1ccccc1. The molecular formula is C36H30N3O8P3. The fraction of sp³-hybridized carbons (Fsp3) is 0. The average molecular weight is 726 g/mol. The van der Waals surface area contributed by atoms with Crippen LogP contribution < -0.4 is 27.8 Å². The van der Waals surface area contributed by atoms with Crippen LogP contribution in [0.5, 0.6) is 46.0 Å². The van der Waals surface area contributed by atoms with E-state index in [1.807, 2.05) is 72.8 Å². The zero-order valence-electron chi connectivity index (χ0n) is 26.2. The summed E-state index contributed by atoms with van der Waals surface area (Å²) < 4.78 is 34.8. The van der Waals surface area contributed by atoms with E-state index in [4.69, 9.17) is 32.3 Å². The maximum Gasteiger partial charge on any atom is 0.447 e. The molecule has 2 unspecified atom stereocenters. The Morgan fingerprint density at radius 2 is 0.860 bits per heavy atom. The van der Waals surface area contributed by atoms with Gasteiger partial charge in [-0.15, -0.1) is 4.52 Å². The van der Waals surface area contributed by atoms with Crippen LogP contribution in [0.3, 0.4) is 0 Å². The van der Waals surface area contributed by atoms with E-state index in [2.05, 4.69) is 0 Å². The molecule has 6 aromatic rings. The molecule has 1 heterocycles. The molecule has 2 N–H and O–H groups in total. The molecule has 7 rings (SSSR count). The van der Waals surface area contributed by atoms with Crippen molar-refractivity contribution in [2.45, 2.75) is 0 Å². The highest BCUT2D eigenvalue weighted by atomic mass is 31.3. The molecule has 50 heavy (non-hydrogen) atoms. The highest BCUT2D eigenvalue weighted by Gasteiger charge is 2.58. The summed E-state index contributed by atoms with van der Waals surface area (Å²) in [5, 5.41) is 22.0. The van der Waals surface area contributed by atoms with E-state index >= 15 is 0 Å². The Balaban J connectivity index is 1.49. The van der Waals surface area contributed by atoms with Crippen molar-refractivity contribution in [3.8, 4) is 46.0 Å². The van der Waals surface area contributed by atoms with Crippen LogP contribution in [0.15, 0.2) is 174 Å². The summed E-state index contributed by atoms with van der Waals surface area (Å²) in [6.45, 7) is 0. The summed E-state index contributed by atoms with van der Waals surface area (Å²) in [7, 11) is -8.60. The Labute approximate surface area is 291 Å². The Bertz CT molecular complexity index is 2000. The van der Waals surface area contributed by atoms with Crippen molar-refractivity contribution in [1.82, 2.24) is 9.21 Å². The number of phenols is 2. The van der Waals surface area contributed by atoms with Gasteiger partial charge in [-0.05, 0) is 72.8 Å².